The quantitative estimate of drug-likeness (QED) is 0.789. The fourth-order valence-electron chi connectivity index (χ4n) is 1.33. The van der Waals surface area contributed by atoms with Gasteiger partial charge in [0.15, 0.2) is 0 Å². The Labute approximate surface area is 83.1 Å². The zero-order valence-electron chi connectivity index (χ0n) is 8.66. The summed E-state index contributed by atoms with van der Waals surface area (Å²) in [4.78, 5) is 7.73. The molecule has 0 saturated heterocycles. The van der Waals surface area contributed by atoms with Gasteiger partial charge in [0.05, 0.1) is 11.0 Å². The number of nitrogens with zero attached hydrogens (tertiary/aromatic N) is 1. The number of para-hydroxylation sites is 2. The molecule has 74 valence electrons. The third kappa shape index (κ3) is 1.40. The van der Waals surface area contributed by atoms with Crippen molar-refractivity contribution in [2.45, 2.75) is 19.4 Å². The van der Waals surface area contributed by atoms with Gasteiger partial charge in [-0.15, -0.1) is 0 Å². The standard InChI is InChI=1S/C11H14N2O/c1-11(2,14-3)10-12-8-6-4-5-7-9(8)13-10/h4-7H,1-3H3,(H,12,13). The molecule has 0 atom stereocenters. The normalized spacial score (nSPS) is 12.2. The molecule has 0 aliphatic rings. The number of hydrogen-bond donors (Lipinski definition) is 1. The fraction of sp³-hybridized carbons (Fsp3) is 0.364. The first kappa shape index (κ1) is 9.21. The largest absolute Gasteiger partial charge is 0.371 e. The predicted molar refractivity (Wildman–Crippen MR) is 56.1 cm³/mol. The minimum absolute atomic E-state index is 0.362. The second-order valence-corrected chi connectivity index (χ2v) is 3.82. The molecule has 1 aromatic heterocycles. The molecule has 0 unspecified atom stereocenters. The molecule has 3 nitrogen and oxygen atoms in total. The number of benzene rings is 1. The summed E-state index contributed by atoms with van der Waals surface area (Å²) in [6.07, 6.45) is 0. The van der Waals surface area contributed by atoms with Crippen molar-refractivity contribution in [3.05, 3.63) is 30.1 Å². The van der Waals surface area contributed by atoms with E-state index in [4.69, 9.17) is 4.74 Å². The van der Waals surface area contributed by atoms with Crippen LogP contribution in [-0.4, -0.2) is 17.1 Å². The number of rotatable bonds is 2. The van der Waals surface area contributed by atoms with Gasteiger partial charge in [0.2, 0.25) is 0 Å². The highest BCUT2D eigenvalue weighted by Gasteiger charge is 2.23. The molecule has 0 bridgehead atoms. The predicted octanol–water partition coefficient (Wildman–Crippen LogP) is 2.44. The number of H-pyrrole nitrogens is 1. The lowest BCUT2D eigenvalue weighted by Crippen LogP contribution is -2.21. The summed E-state index contributed by atoms with van der Waals surface area (Å²) < 4.78 is 5.36. The van der Waals surface area contributed by atoms with E-state index in [2.05, 4.69) is 9.97 Å². The average Bonchev–Trinajstić information content (AvgIpc) is 2.61. The molecule has 0 spiro atoms. The molecular formula is C11H14N2O. The maximum atomic E-state index is 5.36. The van der Waals surface area contributed by atoms with E-state index in [0.717, 1.165) is 16.9 Å². The topological polar surface area (TPSA) is 37.9 Å². The Balaban J connectivity index is 2.55. The smallest absolute Gasteiger partial charge is 0.139 e. The van der Waals surface area contributed by atoms with Gasteiger partial charge in [-0.2, -0.15) is 0 Å². The van der Waals surface area contributed by atoms with E-state index in [0.29, 0.717) is 0 Å². The summed E-state index contributed by atoms with van der Waals surface area (Å²) in [6.45, 7) is 3.98. The van der Waals surface area contributed by atoms with Crippen molar-refractivity contribution in [2.24, 2.45) is 0 Å². The second-order valence-electron chi connectivity index (χ2n) is 3.82. The summed E-state index contributed by atoms with van der Waals surface area (Å²) >= 11 is 0. The Morgan fingerprint density at radius 1 is 1.29 bits per heavy atom. The van der Waals surface area contributed by atoms with Gasteiger partial charge in [-0.05, 0) is 26.0 Å². The summed E-state index contributed by atoms with van der Waals surface area (Å²) in [5.41, 5.74) is 1.67. The van der Waals surface area contributed by atoms with Crippen LogP contribution < -0.4 is 0 Å². The third-order valence-corrected chi connectivity index (χ3v) is 2.47. The fourth-order valence-corrected chi connectivity index (χ4v) is 1.33. The number of aromatic nitrogens is 2. The van der Waals surface area contributed by atoms with Gasteiger partial charge in [0.1, 0.15) is 11.4 Å². The van der Waals surface area contributed by atoms with Gasteiger partial charge >= 0.3 is 0 Å². The number of nitrogens with one attached hydrogen (secondary N) is 1. The molecular weight excluding hydrogens is 176 g/mol. The first-order valence-electron chi connectivity index (χ1n) is 4.64. The van der Waals surface area contributed by atoms with E-state index in [9.17, 15) is 0 Å². The SMILES string of the molecule is COC(C)(C)c1nc2ccccc2[nH]1. The maximum absolute atomic E-state index is 5.36. The van der Waals surface area contributed by atoms with Crippen LogP contribution in [0, 0.1) is 0 Å². The first-order valence-corrected chi connectivity index (χ1v) is 4.64. The summed E-state index contributed by atoms with van der Waals surface area (Å²) in [7, 11) is 1.69. The van der Waals surface area contributed by atoms with Crippen LogP contribution in [0.2, 0.25) is 0 Å². The minimum atomic E-state index is -0.362. The molecule has 0 radical (unpaired) electrons. The lowest BCUT2D eigenvalue weighted by atomic mass is 10.1. The lowest BCUT2D eigenvalue weighted by Gasteiger charge is -2.19. The number of hydrogen-bond acceptors (Lipinski definition) is 2. The van der Waals surface area contributed by atoms with Crippen molar-refractivity contribution in [3.8, 4) is 0 Å². The number of imidazole rings is 1. The monoisotopic (exact) mass is 190 g/mol. The minimum Gasteiger partial charge on any atom is -0.371 e. The van der Waals surface area contributed by atoms with Crippen LogP contribution in [0.4, 0.5) is 0 Å². The molecule has 0 amide bonds. The van der Waals surface area contributed by atoms with Crippen LogP contribution in [0.1, 0.15) is 19.7 Å². The Kier molecular flexibility index (Phi) is 2.04. The van der Waals surface area contributed by atoms with Crippen molar-refractivity contribution in [1.29, 1.82) is 0 Å². The van der Waals surface area contributed by atoms with E-state index in [1.165, 1.54) is 0 Å². The van der Waals surface area contributed by atoms with E-state index >= 15 is 0 Å². The van der Waals surface area contributed by atoms with Crippen molar-refractivity contribution in [1.82, 2.24) is 9.97 Å². The van der Waals surface area contributed by atoms with Crippen molar-refractivity contribution in [2.75, 3.05) is 7.11 Å². The van der Waals surface area contributed by atoms with Crippen LogP contribution in [0.3, 0.4) is 0 Å². The van der Waals surface area contributed by atoms with E-state index in [-0.39, 0.29) is 5.60 Å². The molecule has 1 heterocycles. The van der Waals surface area contributed by atoms with Gasteiger partial charge in [-0.25, -0.2) is 4.98 Å². The van der Waals surface area contributed by atoms with Crippen LogP contribution >= 0.6 is 0 Å². The van der Waals surface area contributed by atoms with Gasteiger partial charge in [-0.3, -0.25) is 0 Å². The third-order valence-electron chi connectivity index (χ3n) is 2.47. The molecule has 1 N–H and O–H groups in total. The van der Waals surface area contributed by atoms with Gasteiger partial charge in [0.25, 0.3) is 0 Å². The van der Waals surface area contributed by atoms with Gasteiger partial charge < -0.3 is 9.72 Å². The molecule has 0 aliphatic carbocycles. The molecule has 14 heavy (non-hydrogen) atoms. The van der Waals surface area contributed by atoms with Crippen molar-refractivity contribution in [3.63, 3.8) is 0 Å². The van der Waals surface area contributed by atoms with Crippen LogP contribution in [0.5, 0.6) is 0 Å². The highest BCUT2D eigenvalue weighted by atomic mass is 16.5. The molecule has 0 aliphatic heterocycles. The Morgan fingerprint density at radius 3 is 2.64 bits per heavy atom. The number of ether oxygens (including phenoxy) is 1. The average molecular weight is 190 g/mol. The van der Waals surface area contributed by atoms with Crippen LogP contribution in [0.15, 0.2) is 24.3 Å². The first-order chi connectivity index (χ1) is 6.63. The van der Waals surface area contributed by atoms with Crippen molar-refractivity contribution >= 4 is 11.0 Å². The molecule has 1 aromatic carbocycles. The number of fused-ring (bicyclic) bond motifs is 1. The zero-order chi connectivity index (χ0) is 10.2. The molecule has 2 rings (SSSR count). The lowest BCUT2D eigenvalue weighted by molar-refractivity contribution is 0.0124. The highest BCUT2D eigenvalue weighted by Crippen LogP contribution is 2.23. The van der Waals surface area contributed by atoms with E-state index in [1.54, 1.807) is 7.11 Å². The van der Waals surface area contributed by atoms with E-state index in [1.807, 2.05) is 38.1 Å². The summed E-state index contributed by atoms with van der Waals surface area (Å²) in [6, 6.07) is 7.97. The molecule has 0 saturated carbocycles. The second kappa shape index (κ2) is 3.10. The Hall–Kier alpha value is -1.35. The molecule has 2 aromatic rings. The summed E-state index contributed by atoms with van der Waals surface area (Å²) in [5, 5.41) is 0. The number of methoxy groups -OCH3 is 1. The van der Waals surface area contributed by atoms with E-state index < -0.39 is 0 Å². The van der Waals surface area contributed by atoms with Crippen LogP contribution in [-0.2, 0) is 10.3 Å². The zero-order valence-corrected chi connectivity index (χ0v) is 8.66. The Bertz CT molecular complexity index is 412. The Morgan fingerprint density at radius 2 is 2.00 bits per heavy atom. The summed E-state index contributed by atoms with van der Waals surface area (Å²) in [5.74, 6) is 0.862. The number of aromatic amines is 1. The molecule has 3 heteroatoms. The van der Waals surface area contributed by atoms with Gasteiger partial charge in [0, 0.05) is 7.11 Å². The maximum Gasteiger partial charge on any atom is 0.139 e. The van der Waals surface area contributed by atoms with Crippen LogP contribution in [0.25, 0.3) is 11.0 Å². The highest BCUT2D eigenvalue weighted by molar-refractivity contribution is 5.74. The van der Waals surface area contributed by atoms with Gasteiger partial charge in [-0.1, -0.05) is 12.1 Å². The van der Waals surface area contributed by atoms with Crippen molar-refractivity contribution < 1.29 is 4.74 Å². The molecule has 0 fully saturated rings.